The van der Waals surface area contributed by atoms with Crippen LogP contribution in [0.4, 0.5) is 14.5 Å². The normalized spacial score (nSPS) is 10.5. The highest BCUT2D eigenvalue weighted by Gasteiger charge is 2.18. The molecular weight excluding hydrogens is 372 g/mol. The van der Waals surface area contributed by atoms with Crippen LogP contribution in [0.1, 0.15) is 5.56 Å². The van der Waals surface area contributed by atoms with Crippen LogP contribution in [0.3, 0.4) is 0 Å². The van der Waals surface area contributed by atoms with Crippen LogP contribution in [-0.4, -0.2) is 4.92 Å². The Morgan fingerprint density at radius 2 is 2.00 bits per heavy atom. The molecule has 0 aliphatic rings. The molecule has 2 aromatic rings. The van der Waals surface area contributed by atoms with Crippen LogP contribution in [0.25, 0.3) is 0 Å². The van der Waals surface area contributed by atoms with Gasteiger partial charge in [-0.05, 0) is 40.2 Å². The highest BCUT2D eigenvalue weighted by molar-refractivity contribution is 9.10. The third-order valence-corrected chi connectivity index (χ3v) is 3.48. The summed E-state index contributed by atoms with van der Waals surface area (Å²) in [5, 5.41) is 11.0. The Morgan fingerprint density at radius 1 is 1.29 bits per heavy atom. The number of nitro benzene ring substituents is 1. The molecular formula is C13H7BrClF2NO3. The van der Waals surface area contributed by atoms with Gasteiger partial charge in [-0.3, -0.25) is 10.1 Å². The molecule has 4 nitrogen and oxygen atoms in total. The van der Waals surface area contributed by atoms with Gasteiger partial charge in [0.15, 0.2) is 5.75 Å². The third-order valence-electron chi connectivity index (χ3n) is 2.63. The lowest BCUT2D eigenvalue weighted by Gasteiger charge is -2.09. The summed E-state index contributed by atoms with van der Waals surface area (Å²) < 4.78 is 32.6. The van der Waals surface area contributed by atoms with Crippen molar-refractivity contribution in [1.29, 1.82) is 0 Å². The number of benzene rings is 2. The maximum absolute atomic E-state index is 13.8. The maximum Gasteiger partial charge on any atom is 0.312 e. The lowest BCUT2D eigenvalue weighted by Crippen LogP contribution is -2.04. The van der Waals surface area contributed by atoms with Gasteiger partial charge in [-0.1, -0.05) is 11.6 Å². The molecule has 0 N–H and O–H groups in total. The fourth-order valence-corrected chi connectivity index (χ4v) is 2.14. The van der Waals surface area contributed by atoms with E-state index in [1.807, 2.05) is 0 Å². The van der Waals surface area contributed by atoms with Crippen LogP contribution in [0, 0.1) is 21.7 Å². The fourth-order valence-electron chi connectivity index (χ4n) is 1.61. The molecule has 0 saturated carbocycles. The third kappa shape index (κ3) is 3.48. The van der Waals surface area contributed by atoms with Gasteiger partial charge in [0.1, 0.15) is 18.2 Å². The molecule has 2 rings (SSSR count). The Morgan fingerprint density at radius 3 is 2.67 bits per heavy atom. The lowest BCUT2D eigenvalue weighted by molar-refractivity contribution is -0.385. The predicted octanol–water partition coefficient (Wildman–Crippen LogP) is 4.87. The summed E-state index contributed by atoms with van der Waals surface area (Å²) in [6.07, 6.45) is 0. The zero-order valence-electron chi connectivity index (χ0n) is 10.3. The first-order valence-electron chi connectivity index (χ1n) is 5.59. The van der Waals surface area contributed by atoms with Crippen molar-refractivity contribution in [1.82, 2.24) is 0 Å². The smallest absolute Gasteiger partial charge is 0.312 e. The summed E-state index contributed by atoms with van der Waals surface area (Å²) in [7, 11) is 0. The number of ether oxygens (including phenoxy) is 1. The number of hydrogen-bond donors (Lipinski definition) is 0. The Kier molecular flexibility index (Phi) is 4.74. The highest BCUT2D eigenvalue weighted by atomic mass is 79.9. The molecule has 21 heavy (non-hydrogen) atoms. The van der Waals surface area contributed by atoms with Gasteiger partial charge in [-0.25, -0.2) is 8.78 Å². The molecule has 0 unspecified atom stereocenters. The minimum atomic E-state index is -0.813. The van der Waals surface area contributed by atoms with E-state index in [0.29, 0.717) is 0 Å². The molecule has 0 atom stereocenters. The van der Waals surface area contributed by atoms with Crippen LogP contribution >= 0.6 is 27.5 Å². The van der Waals surface area contributed by atoms with Crippen molar-refractivity contribution < 1.29 is 18.4 Å². The Balaban J connectivity index is 2.29. The number of hydrogen-bond acceptors (Lipinski definition) is 3. The lowest BCUT2D eigenvalue weighted by atomic mass is 10.2. The summed E-state index contributed by atoms with van der Waals surface area (Å²) in [6, 6.07) is 6.05. The van der Waals surface area contributed by atoms with E-state index in [0.717, 1.165) is 12.1 Å². The molecule has 0 radical (unpaired) electrons. The molecule has 0 aliphatic heterocycles. The minimum absolute atomic E-state index is 0.0769. The Bertz CT molecular complexity index is 712. The molecule has 0 aromatic heterocycles. The molecule has 0 bridgehead atoms. The van der Waals surface area contributed by atoms with E-state index in [1.165, 1.54) is 18.2 Å². The zero-order chi connectivity index (χ0) is 15.6. The van der Waals surface area contributed by atoms with Crippen LogP contribution < -0.4 is 4.74 Å². The van der Waals surface area contributed by atoms with Crippen molar-refractivity contribution in [3.8, 4) is 5.75 Å². The minimum Gasteiger partial charge on any atom is -0.482 e. The molecule has 0 aliphatic carbocycles. The first-order valence-corrected chi connectivity index (χ1v) is 6.76. The zero-order valence-corrected chi connectivity index (χ0v) is 12.6. The van der Waals surface area contributed by atoms with Gasteiger partial charge in [-0.2, -0.15) is 0 Å². The average molecular weight is 379 g/mol. The van der Waals surface area contributed by atoms with Gasteiger partial charge < -0.3 is 4.74 Å². The quantitative estimate of drug-likeness (QED) is 0.433. The maximum atomic E-state index is 13.8. The predicted molar refractivity (Wildman–Crippen MR) is 76.5 cm³/mol. The first kappa shape index (κ1) is 15.7. The van der Waals surface area contributed by atoms with Gasteiger partial charge in [0.05, 0.1) is 15.0 Å². The summed E-state index contributed by atoms with van der Waals surface area (Å²) in [5.74, 6) is -1.73. The van der Waals surface area contributed by atoms with Gasteiger partial charge in [0.2, 0.25) is 0 Å². The van der Waals surface area contributed by atoms with E-state index in [2.05, 4.69) is 15.9 Å². The second-order valence-electron chi connectivity index (χ2n) is 3.98. The van der Waals surface area contributed by atoms with Crippen molar-refractivity contribution in [2.45, 2.75) is 6.61 Å². The van der Waals surface area contributed by atoms with Crippen molar-refractivity contribution in [2.75, 3.05) is 0 Å². The van der Waals surface area contributed by atoms with E-state index in [4.69, 9.17) is 16.3 Å². The summed E-state index contributed by atoms with van der Waals surface area (Å²) in [6.45, 7) is -0.487. The van der Waals surface area contributed by atoms with E-state index in [9.17, 15) is 18.9 Å². The van der Waals surface area contributed by atoms with E-state index >= 15 is 0 Å². The monoisotopic (exact) mass is 377 g/mol. The summed E-state index contributed by atoms with van der Waals surface area (Å²) >= 11 is 8.59. The van der Waals surface area contributed by atoms with Crippen LogP contribution in [0.15, 0.2) is 34.8 Å². The van der Waals surface area contributed by atoms with Crippen molar-refractivity contribution >= 4 is 33.2 Å². The van der Waals surface area contributed by atoms with Crippen LogP contribution in [0.2, 0.25) is 5.02 Å². The highest BCUT2D eigenvalue weighted by Crippen LogP contribution is 2.31. The Hall–Kier alpha value is -1.73. The van der Waals surface area contributed by atoms with Gasteiger partial charge in [0, 0.05) is 11.1 Å². The number of halogens is 4. The largest absolute Gasteiger partial charge is 0.482 e. The van der Waals surface area contributed by atoms with Crippen molar-refractivity contribution in [3.05, 3.63) is 67.1 Å². The van der Waals surface area contributed by atoms with Crippen molar-refractivity contribution in [2.24, 2.45) is 0 Å². The second kappa shape index (κ2) is 6.36. The standard InChI is InChI=1S/C13H7BrClF2NO3/c14-9-2-3-10(16)8(13(9)17)6-21-12-4-1-7(15)5-11(12)18(19)20/h1-5H,6H2. The average Bonchev–Trinajstić information content (AvgIpc) is 2.44. The fraction of sp³-hybridized carbons (Fsp3) is 0.0769. The van der Waals surface area contributed by atoms with Crippen LogP contribution in [-0.2, 0) is 6.61 Å². The van der Waals surface area contributed by atoms with Gasteiger partial charge in [0.25, 0.3) is 0 Å². The first-order chi connectivity index (χ1) is 9.90. The molecule has 2 aromatic carbocycles. The van der Waals surface area contributed by atoms with E-state index < -0.39 is 23.2 Å². The summed E-state index contributed by atoms with van der Waals surface area (Å²) in [5.41, 5.74) is -0.702. The van der Waals surface area contributed by atoms with E-state index in [-0.39, 0.29) is 26.5 Å². The van der Waals surface area contributed by atoms with Crippen LogP contribution in [0.5, 0.6) is 5.75 Å². The topological polar surface area (TPSA) is 52.4 Å². The molecule has 0 spiro atoms. The van der Waals surface area contributed by atoms with E-state index in [1.54, 1.807) is 0 Å². The molecule has 110 valence electrons. The van der Waals surface area contributed by atoms with Crippen molar-refractivity contribution in [3.63, 3.8) is 0 Å². The van der Waals surface area contributed by atoms with Gasteiger partial charge in [-0.15, -0.1) is 0 Å². The van der Waals surface area contributed by atoms with Gasteiger partial charge >= 0.3 is 5.69 Å². The summed E-state index contributed by atoms with van der Waals surface area (Å²) in [4.78, 5) is 10.2. The Labute approximate surface area is 131 Å². The molecule has 0 fully saturated rings. The SMILES string of the molecule is O=[N+]([O-])c1cc(Cl)ccc1OCc1c(F)ccc(Br)c1F. The number of nitro groups is 1. The second-order valence-corrected chi connectivity index (χ2v) is 5.27. The molecule has 0 amide bonds. The molecule has 0 saturated heterocycles. The molecule has 0 heterocycles. The number of rotatable bonds is 4. The number of nitrogens with zero attached hydrogens (tertiary/aromatic N) is 1. The molecule has 8 heteroatoms.